The number of ether oxygens (including phenoxy) is 1. The molecular weight excluding hydrogens is 347 g/mol. The van der Waals surface area contributed by atoms with Gasteiger partial charge >= 0.3 is 6.18 Å². The normalized spacial score (nSPS) is 17.2. The fourth-order valence-electron chi connectivity index (χ4n) is 3.02. The smallest absolute Gasteiger partial charge is 0.435 e. The van der Waals surface area contributed by atoms with E-state index in [2.05, 4.69) is 10.4 Å². The SMILES string of the molecule is Cc1cc(C(F)(F)F)nn1CCNC(=O)[C@H]1CCOc2ccccc2C1. The van der Waals surface area contributed by atoms with Gasteiger partial charge in [-0.3, -0.25) is 9.48 Å². The van der Waals surface area contributed by atoms with Crippen molar-refractivity contribution in [2.75, 3.05) is 13.2 Å². The van der Waals surface area contributed by atoms with Crippen molar-refractivity contribution in [3.8, 4) is 5.75 Å². The van der Waals surface area contributed by atoms with Crippen LogP contribution in [0.5, 0.6) is 5.75 Å². The van der Waals surface area contributed by atoms with Crippen LogP contribution in [0.1, 0.15) is 23.4 Å². The molecule has 1 aromatic heterocycles. The third-order valence-corrected chi connectivity index (χ3v) is 4.43. The Balaban J connectivity index is 1.55. The second-order valence-electron chi connectivity index (χ2n) is 6.33. The van der Waals surface area contributed by atoms with Gasteiger partial charge in [0.25, 0.3) is 0 Å². The number of aromatic nitrogens is 2. The van der Waals surface area contributed by atoms with E-state index in [0.717, 1.165) is 17.4 Å². The first kappa shape index (κ1) is 18.3. The van der Waals surface area contributed by atoms with E-state index in [1.54, 1.807) is 6.92 Å². The van der Waals surface area contributed by atoms with E-state index in [0.29, 0.717) is 25.1 Å². The summed E-state index contributed by atoms with van der Waals surface area (Å²) < 4.78 is 44.9. The largest absolute Gasteiger partial charge is 0.493 e. The van der Waals surface area contributed by atoms with E-state index in [9.17, 15) is 18.0 Å². The Hall–Kier alpha value is -2.51. The number of carbonyl (C=O) groups is 1. The molecule has 0 saturated heterocycles. The summed E-state index contributed by atoms with van der Waals surface area (Å²) in [6.07, 6.45) is -3.28. The van der Waals surface area contributed by atoms with Crippen LogP contribution in [0, 0.1) is 12.8 Å². The highest BCUT2D eigenvalue weighted by Crippen LogP contribution is 2.28. The monoisotopic (exact) mass is 367 g/mol. The molecule has 0 aliphatic carbocycles. The summed E-state index contributed by atoms with van der Waals surface area (Å²) in [4.78, 5) is 12.4. The van der Waals surface area contributed by atoms with Crippen molar-refractivity contribution in [1.29, 1.82) is 0 Å². The molecule has 1 aliphatic heterocycles. The molecule has 0 spiro atoms. The van der Waals surface area contributed by atoms with Crippen LogP contribution < -0.4 is 10.1 Å². The molecule has 1 atom stereocenters. The lowest BCUT2D eigenvalue weighted by Crippen LogP contribution is -2.34. The summed E-state index contributed by atoms with van der Waals surface area (Å²) in [6.45, 7) is 2.43. The van der Waals surface area contributed by atoms with E-state index in [4.69, 9.17) is 4.74 Å². The highest BCUT2D eigenvalue weighted by atomic mass is 19.4. The van der Waals surface area contributed by atoms with Crippen molar-refractivity contribution in [1.82, 2.24) is 15.1 Å². The highest BCUT2D eigenvalue weighted by molar-refractivity contribution is 5.79. The molecule has 8 heteroatoms. The minimum absolute atomic E-state index is 0.119. The lowest BCUT2D eigenvalue weighted by atomic mass is 9.96. The molecule has 1 aliphatic rings. The number of nitrogens with one attached hydrogen (secondary N) is 1. The first-order valence-corrected chi connectivity index (χ1v) is 8.44. The molecule has 26 heavy (non-hydrogen) atoms. The number of para-hydroxylation sites is 1. The average Bonchev–Trinajstić information content (AvgIpc) is 2.84. The molecule has 1 N–H and O–H groups in total. The van der Waals surface area contributed by atoms with Crippen LogP contribution in [-0.2, 0) is 23.9 Å². The summed E-state index contributed by atoms with van der Waals surface area (Å²) in [5, 5.41) is 6.35. The van der Waals surface area contributed by atoms with Gasteiger partial charge < -0.3 is 10.1 Å². The second kappa shape index (κ2) is 7.39. The number of halogens is 3. The quantitative estimate of drug-likeness (QED) is 0.904. The van der Waals surface area contributed by atoms with Crippen molar-refractivity contribution < 1.29 is 22.7 Å². The van der Waals surface area contributed by atoms with Crippen LogP contribution >= 0.6 is 0 Å². The Morgan fingerprint density at radius 3 is 2.88 bits per heavy atom. The molecular formula is C18H20F3N3O2. The predicted molar refractivity (Wildman–Crippen MR) is 88.7 cm³/mol. The fourth-order valence-corrected chi connectivity index (χ4v) is 3.02. The Morgan fingerprint density at radius 2 is 2.15 bits per heavy atom. The minimum atomic E-state index is -4.47. The molecule has 5 nitrogen and oxygen atoms in total. The number of nitrogens with zero attached hydrogens (tertiary/aromatic N) is 2. The summed E-state index contributed by atoms with van der Waals surface area (Å²) in [6, 6.07) is 8.62. The predicted octanol–water partition coefficient (Wildman–Crippen LogP) is 2.97. The maximum absolute atomic E-state index is 12.7. The third-order valence-electron chi connectivity index (χ3n) is 4.43. The molecule has 2 aromatic rings. The molecule has 0 bridgehead atoms. The molecule has 0 radical (unpaired) electrons. The van der Waals surface area contributed by atoms with Crippen LogP contribution in [0.2, 0.25) is 0 Å². The number of fused-ring (bicyclic) bond motifs is 1. The summed E-state index contributed by atoms with van der Waals surface area (Å²) in [5.74, 6) is 0.462. The number of alkyl halides is 3. The van der Waals surface area contributed by atoms with Gasteiger partial charge in [-0.15, -0.1) is 0 Å². The lowest BCUT2D eigenvalue weighted by Gasteiger charge is -2.14. The van der Waals surface area contributed by atoms with Crippen molar-refractivity contribution >= 4 is 5.91 Å². The van der Waals surface area contributed by atoms with Gasteiger partial charge in [0, 0.05) is 18.2 Å². The minimum Gasteiger partial charge on any atom is -0.493 e. The molecule has 0 fully saturated rings. The molecule has 0 unspecified atom stereocenters. The van der Waals surface area contributed by atoms with Crippen LogP contribution in [0.15, 0.2) is 30.3 Å². The Labute approximate surface area is 149 Å². The number of carbonyl (C=O) groups excluding carboxylic acids is 1. The topological polar surface area (TPSA) is 56.2 Å². The number of hydrogen-bond donors (Lipinski definition) is 1. The van der Waals surface area contributed by atoms with Gasteiger partial charge in [-0.05, 0) is 37.5 Å². The summed E-state index contributed by atoms with van der Waals surface area (Å²) in [7, 11) is 0. The Morgan fingerprint density at radius 1 is 1.38 bits per heavy atom. The zero-order valence-electron chi connectivity index (χ0n) is 14.3. The lowest BCUT2D eigenvalue weighted by molar-refractivity contribution is -0.141. The number of hydrogen-bond acceptors (Lipinski definition) is 3. The molecule has 2 heterocycles. The van der Waals surface area contributed by atoms with Gasteiger partial charge in [-0.2, -0.15) is 18.3 Å². The maximum atomic E-state index is 12.7. The zero-order valence-corrected chi connectivity index (χ0v) is 14.3. The summed E-state index contributed by atoms with van der Waals surface area (Å²) in [5.41, 5.74) is 0.477. The van der Waals surface area contributed by atoms with E-state index in [1.807, 2.05) is 24.3 Å². The number of aryl methyl sites for hydroxylation is 1. The Kier molecular flexibility index (Phi) is 5.20. The van der Waals surface area contributed by atoms with Gasteiger partial charge in [0.05, 0.1) is 13.2 Å². The second-order valence-corrected chi connectivity index (χ2v) is 6.33. The van der Waals surface area contributed by atoms with Gasteiger partial charge in [-0.1, -0.05) is 18.2 Å². The van der Waals surface area contributed by atoms with Gasteiger partial charge in [0.2, 0.25) is 5.91 Å². The summed E-state index contributed by atoms with van der Waals surface area (Å²) >= 11 is 0. The standard InChI is InChI=1S/C18H20F3N3O2/c1-12-10-16(18(19,20)21)23-24(12)8-7-22-17(25)14-6-9-26-15-5-3-2-4-13(15)11-14/h2-5,10,14H,6-9,11H2,1H3,(H,22,25)/t14-/m0/s1. The van der Waals surface area contributed by atoms with Crippen LogP contribution in [-0.4, -0.2) is 28.8 Å². The Bertz CT molecular complexity index is 786. The number of amides is 1. The molecule has 3 rings (SSSR count). The highest BCUT2D eigenvalue weighted by Gasteiger charge is 2.34. The van der Waals surface area contributed by atoms with Crippen LogP contribution in [0.25, 0.3) is 0 Å². The third kappa shape index (κ3) is 4.17. The van der Waals surface area contributed by atoms with E-state index >= 15 is 0 Å². The molecule has 0 saturated carbocycles. The molecule has 1 aromatic carbocycles. The van der Waals surface area contributed by atoms with Gasteiger partial charge in [0.1, 0.15) is 5.75 Å². The van der Waals surface area contributed by atoms with Crippen molar-refractivity contribution in [2.45, 2.75) is 32.5 Å². The van der Waals surface area contributed by atoms with Crippen LogP contribution in [0.4, 0.5) is 13.2 Å². The molecule has 1 amide bonds. The first-order valence-electron chi connectivity index (χ1n) is 8.44. The van der Waals surface area contributed by atoms with E-state index in [1.165, 1.54) is 4.68 Å². The van der Waals surface area contributed by atoms with Crippen molar-refractivity contribution in [2.24, 2.45) is 5.92 Å². The fraction of sp³-hybridized carbons (Fsp3) is 0.444. The van der Waals surface area contributed by atoms with E-state index in [-0.39, 0.29) is 24.9 Å². The van der Waals surface area contributed by atoms with Gasteiger partial charge in [0.15, 0.2) is 5.69 Å². The number of rotatable bonds is 4. The van der Waals surface area contributed by atoms with Crippen molar-refractivity contribution in [3.63, 3.8) is 0 Å². The average molecular weight is 367 g/mol. The zero-order chi connectivity index (χ0) is 18.7. The first-order chi connectivity index (χ1) is 12.3. The number of benzene rings is 1. The molecule has 140 valence electrons. The maximum Gasteiger partial charge on any atom is 0.435 e. The van der Waals surface area contributed by atoms with Crippen LogP contribution in [0.3, 0.4) is 0 Å². The van der Waals surface area contributed by atoms with E-state index < -0.39 is 11.9 Å². The van der Waals surface area contributed by atoms with Gasteiger partial charge in [-0.25, -0.2) is 0 Å². The van der Waals surface area contributed by atoms with Crippen molar-refractivity contribution in [3.05, 3.63) is 47.3 Å².